The minimum atomic E-state index is -0.979. The molecule has 0 heterocycles. The fraction of sp³-hybridized carbons (Fsp3) is 0.412. The predicted molar refractivity (Wildman–Crippen MR) is 83.3 cm³/mol. The van der Waals surface area contributed by atoms with Crippen molar-refractivity contribution in [1.29, 1.82) is 0 Å². The molecule has 0 spiro atoms. The monoisotopic (exact) mass is 303 g/mol. The molecule has 5 heteroatoms. The molecule has 2 N–H and O–H groups in total. The van der Waals surface area contributed by atoms with E-state index in [1.165, 1.54) is 0 Å². The van der Waals surface area contributed by atoms with Crippen LogP contribution in [0.15, 0.2) is 36.4 Å². The van der Waals surface area contributed by atoms with Crippen LogP contribution in [0.3, 0.4) is 0 Å². The van der Waals surface area contributed by atoms with Gasteiger partial charge >= 0.3 is 5.97 Å². The van der Waals surface area contributed by atoms with Gasteiger partial charge in [0.05, 0.1) is 12.5 Å². The van der Waals surface area contributed by atoms with E-state index in [0.29, 0.717) is 17.9 Å². The summed E-state index contributed by atoms with van der Waals surface area (Å²) in [6.45, 7) is 6.06. The van der Waals surface area contributed by atoms with Gasteiger partial charge < -0.3 is 15.2 Å². The molecule has 1 aromatic rings. The number of ketones is 1. The zero-order valence-electron chi connectivity index (χ0n) is 12.7. The van der Waals surface area contributed by atoms with E-state index in [1.54, 1.807) is 24.3 Å². The molecule has 22 heavy (non-hydrogen) atoms. The quantitative estimate of drug-likeness (QED) is 0.541. The average Bonchev–Trinajstić information content (AvgIpc) is 3.28. The molecule has 118 valence electrons. The second-order valence-electron chi connectivity index (χ2n) is 5.73. The molecular weight excluding hydrogens is 282 g/mol. The van der Waals surface area contributed by atoms with Gasteiger partial charge in [0, 0.05) is 11.6 Å². The molecular formula is C17H21NO4. The third-order valence-corrected chi connectivity index (χ3v) is 3.33. The Morgan fingerprint density at radius 3 is 2.50 bits per heavy atom. The topological polar surface area (TPSA) is 75.6 Å². The van der Waals surface area contributed by atoms with Crippen LogP contribution in [0.5, 0.6) is 5.75 Å². The van der Waals surface area contributed by atoms with Gasteiger partial charge in [-0.2, -0.15) is 0 Å². The minimum absolute atomic E-state index is 0.194. The number of nitrogens with one attached hydrogen (secondary N) is 1. The molecule has 0 aromatic heterocycles. The first-order valence-corrected chi connectivity index (χ1v) is 7.35. The number of rotatable bonds is 9. The van der Waals surface area contributed by atoms with E-state index in [4.69, 9.17) is 9.84 Å². The molecule has 2 rings (SSSR count). The normalized spacial score (nSPS) is 15.1. The van der Waals surface area contributed by atoms with Gasteiger partial charge in [0.1, 0.15) is 12.4 Å². The Morgan fingerprint density at radius 1 is 1.36 bits per heavy atom. The highest BCUT2D eigenvalue weighted by atomic mass is 16.5. The standard InChI is InChI=1S/C17H21NO4/c1-11(2)10-22-14-7-3-12(4-8-14)17(21)15(9-16(19)20)18-13-5-6-13/h3-4,7-8,13,15,18H,1,5-6,9-10H2,2H3,(H,19,20). The summed E-state index contributed by atoms with van der Waals surface area (Å²) in [7, 11) is 0. The third kappa shape index (κ3) is 5.00. The Kier molecular flexibility index (Phi) is 5.33. The van der Waals surface area contributed by atoms with Gasteiger partial charge in [-0.1, -0.05) is 6.58 Å². The van der Waals surface area contributed by atoms with Crippen LogP contribution in [0.1, 0.15) is 36.5 Å². The van der Waals surface area contributed by atoms with Gasteiger partial charge in [0.25, 0.3) is 0 Å². The number of carbonyl (C=O) groups excluding carboxylic acids is 1. The second kappa shape index (κ2) is 7.22. The highest BCUT2D eigenvalue weighted by Gasteiger charge is 2.30. The smallest absolute Gasteiger partial charge is 0.305 e. The van der Waals surface area contributed by atoms with E-state index in [-0.39, 0.29) is 18.2 Å². The second-order valence-corrected chi connectivity index (χ2v) is 5.73. The number of hydrogen-bond acceptors (Lipinski definition) is 4. The summed E-state index contributed by atoms with van der Waals surface area (Å²) >= 11 is 0. The predicted octanol–water partition coefficient (Wildman–Crippen LogP) is 2.42. The Labute approximate surface area is 130 Å². The lowest BCUT2D eigenvalue weighted by Gasteiger charge is -2.15. The molecule has 1 fully saturated rings. The number of aliphatic carboxylic acids is 1. The molecule has 0 bridgehead atoms. The molecule has 5 nitrogen and oxygen atoms in total. The number of carboxylic acid groups (broad SMARTS) is 1. The fourth-order valence-electron chi connectivity index (χ4n) is 2.06. The molecule has 0 aliphatic heterocycles. The summed E-state index contributed by atoms with van der Waals surface area (Å²) in [5, 5.41) is 12.1. The first kappa shape index (κ1) is 16.2. The molecule has 1 aliphatic carbocycles. The van der Waals surface area contributed by atoms with Gasteiger partial charge in [-0.25, -0.2) is 0 Å². The molecule has 0 amide bonds. The zero-order valence-corrected chi connectivity index (χ0v) is 12.7. The summed E-state index contributed by atoms with van der Waals surface area (Å²) < 4.78 is 5.48. The van der Waals surface area contributed by atoms with E-state index in [1.807, 2.05) is 6.92 Å². The molecule has 1 atom stereocenters. The lowest BCUT2D eigenvalue weighted by Crippen LogP contribution is -2.40. The van der Waals surface area contributed by atoms with Gasteiger partial charge in [-0.3, -0.25) is 9.59 Å². The lowest BCUT2D eigenvalue weighted by molar-refractivity contribution is -0.137. The number of carbonyl (C=O) groups is 2. The maximum atomic E-state index is 12.4. The Bertz CT molecular complexity index is 561. The first-order chi connectivity index (χ1) is 10.5. The van der Waals surface area contributed by atoms with Crippen molar-refractivity contribution >= 4 is 11.8 Å². The molecule has 1 aromatic carbocycles. The Morgan fingerprint density at radius 2 is 2.00 bits per heavy atom. The lowest BCUT2D eigenvalue weighted by atomic mass is 10.0. The van der Waals surface area contributed by atoms with Crippen molar-refractivity contribution in [3.8, 4) is 5.75 Å². The van der Waals surface area contributed by atoms with Crippen LogP contribution in [0.4, 0.5) is 0 Å². The third-order valence-electron chi connectivity index (χ3n) is 3.33. The van der Waals surface area contributed by atoms with Crippen LogP contribution in [-0.4, -0.2) is 35.5 Å². The maximum Gasteiger partial charge on any atom is 0.305 e. The van der Waals surface area contributed by atoms with E-state index in [2.05, 4.69) is 11.9 Å². The molecule has 0 saturated heterocycles. The number of benzene rings is 1. The number of Topliss-reactive ketones (excluding diaryl/α,β-unsaturated/α-hetero) is 1. The summed E-state index contributed by atoms with van der Waals surface area (Å²) in [6.07, 6.45) is 1.79. The zero-order chi connectivity index (χ0) is 16.1. The SMILES string of the molecule is C=C(C)COc1ccc(C(=O)C(CC(=O)O)NC2CC2)cc1. The molecule has 1 aliphatic rings. The van der Waals surface area contributed by atoms with Gasteiger partial charge in [-0.05, 0) is 49.6 Å². The van der Waals surface area contributed by atoms with Crippen molar-refractivity contribution in [3.63, 3.8) is 0 Å². The number of hydrogen-bond donors (Lipinski definition) is 2. The number of carboxylic acids is 1. The molecule has 1 unspecified atom stereocenters. The summed E-state index contributed by atoms with van der Waals surface area (Å²) in [6, 6.07) is 6.36. The Balaban J connectivity index is 2.02. The Hall–Kier alpha value is -2.14. The van der Waals surface area contributed by atoms with Crippen LogP contribution in [0.2, 0.25) is 0 Å². The highest BCUT2D eigenvalue weighted by molar-refractivity contribution is 6.01. The van der Waals surface area contributed by atoms with Crippen molar-refractivity contribution in [2.24, 2.45) is 0 Å². The maximum absolute atomic E-state index is 12.4. The van der Waals surface area contributed by atoms with Crippen molar-refractivity contribution in [2.45, 2.75) is 38.3 Å². The van der Waals surface area contributed by atoms with Crippen LogP contribution in [0, 0.1) is 0 Å². The number of ether oxygens (including phenoxy) is 1. The fourth-order valence-corrected chi connectivity index (χ4v) is 2.06. The van der Waals surface area contributed by atoms with Gasteiger partial charge in [0.15, 0.2) is 5.78 Å². The van der Waals surface area contributed by atoms with Gasteiger partial charge in [0.2, 0.25) is 0 Å². The van der Waals surface area contributed by atoms with Crippen LogP contribution in [-0.2, 0) is 4.79 Å². The van der Waals surface area contributed by atoms with Crippen molar-refractivity contribution in [2.75, 3.05) is 6.61 Å². The highest BCUT2D eigenvalue weighted by Crippen LogP contribution is 2.22. The van der Waals surface area contributed by atoms with E-state index in [9.17, 15) is 9.59 Å². The van der Waals surface area contributed by atoms with Crippen molar-refractivity contribution in [3.05, 3.63) is 42.0 Å². The summed E-state index contributed by atoms with van der Waals surface area (Å²) in [5.74, 6) is -0.516. The summed E-state index contributed by atoms with van der Waals surface area (Å²) in [4.78, 5) is 23.4. The molecule has 1 saturated carbocycles. The average molecular weight is 303 g/mol. The van der Waals surface area contributed by atoms with Crippen molar-refractivity contribution < 1.29 is 19.4 Å². The van der Waals surface area contributed by atoms with Crippen LogP contribution >= 0.6 is 0 Å². The van der Waals surface area contributed by atoms with E-state index >= 15 is 0 Å². The van der Waals surface area contributed by atoms with Gasteiger partial charge in [-0.15, -0.1) is 0 Å². The first-order valence-electron chi connectivity index (χ1n) is 7.35. The summed E-state index contributed by atoms with van der Waals surface area (Å²) in [5.41, 5.74) is 1.40. The minimum Gasteiger partial charge on any atom is -0.489 e. The molecule has 0 radical (unpaired) electrons. The van der Waals surface area contributed by atoms with Crippen LogP contribution < -0.4 is 10.1 Å². The van der Waals surface area contributed by atoms with Crippen LogP contribution in [0.25, 0.3) is 0 Å². The van der Waals surface area contributed by atoms with E-state index < -0.39 is 12.0 Å². The van der Waals surface area contributed by atoms with E-state index in [0.717, 1.165) is 18.4 Å². The largest absolute Gasteiger partial charge is 0.489 e. The van der Waals surface area contributed by atoms with Crippen molar-refractivity contribution in [1.82, 2.24) is 5.32 Å².